The van der Waals surface area contributed by atoms with Gasteiger partial charge in [-0.05, 0) is 18.3 Å². The molecule has 0 aromatic carbocycles. The van der Waals surface area contributed by atoms with Crippen LogP contribution in [0.2, 0.25) is 0 Å². The Morgan fingerprint density at radius 2 is 1.81 bits per heavy atom. The van der Waals surface area contributed by atoms with Gasteiger partial charge in [0.05, 0.1) is 11.6 Å². The van der Waals surface area contributed by atoms with Gasteiger partial charge < -0.3 is 16.4 Å². The molecule has 0 amide bonds. The van der Waals surface area contributed by atoms with E-state index < -0.39 is 0 Å². The van der Waals surface area contributed by atoms with E-state index in [9.17, 15) is 0 Å². The van der Waals surface area contributed by atoms with E-state index in [1.807, 2.05) is 0 Å². The Bertz CT molecular complexity index is 347. The third-order valence-corrected chi connectivity index (χ3v) is 1.51. The zero-order chi connectivity index (χ0) is 12.2. The van der Waals surface area contributed by atoms with Crippen LogP contribution in [0.15, 0.2) is 24.8 Å². The van der Waals surface area contributed by atoms with Crippen LogP contribution in [-0.2, 0) is 0 Å². The Hall–Kier alpha value is -2.00. The molecule has 3 nitrogen and oxygen atoms in total. The number of unbranched alkanes of at least 4 members (excludes halogenated alkanes) is 1. The number of hydrogen-bond donors (Lipinski definition) is 3. The fourth-order valence-corrected chi connectivity index (χ4v) is 0.852. The van der Waals surface area contributed by atoms with Crippen molar-refractivity contribution >= 4 is 0 Å². The maximum absolute atomic E-state index is 5.34. The second-order valence-electron chi connectivity index (χ2n) is 3.16. The summed E-state index contributed by atoms with van der Waals surface area (Å²) in [6, 6.07) is 0. The standard InChI is InChI=1S/C13H19N3/c1-4-5-6-7-8-9-10-11-15-13(3)16-12(2)14/h15-16H,2-5,10-11,14H2,1H3. The molecule has 4 N–H and O–H groups in total. The minimum Gasteiger partial charge on any atom is -0.386 e. The molecule has 0 aliphatic carbocycles. The molecular formula is C13H19N3. The molecule has 0 aromatic heterocycles. The molecule has 0 fully saturated rings. The van der Waals surface area contributed by atoms with Gasteiger partial charge in [-0.1, -0.05) is 31.9 Å². The summed E-state index contributed by atoms with van der Waals surface area (Å²) in [6.45, 7) is 10.0. The maximum Gasteiger partial charge on any atom is 0.0968 e. The molecule has 0 unspecified atom stereocenters. The summed E-state index contributed by atoms with van der Waals surface area (Å²) in [5.41, 5.74) is 5.34. The van der Waals surface area contributed by atoms with Gasteiger partial charge in [-0.15, -0.1) is 0 Å². The van der Waals surface area contributed by atoms with Gasteiger partial charge in [-0.2, -0.15) is 0 Å². The minimum atomic E-state index is 0.369. The first kappa shape index (κ1) is 14.0. The van der Waals surface area contributed by atoms with Crippen molar-refractivity contribution in [3.05, 3.63) is 24.8 Å². The molecule has 0 aliphatic heterocycles. The highest BCUT2D eigenvalue weighted by Gasteiger charge is 1.89. The van der Waals surface area contributed by atoms with E-state index in [4.69, 9.17) is 5.73 Å². The van der Waals surface area contributed by atoms with Gasteiger partial charge in [-0.3, -0.25) is 0 Å². The highest BCUT2D eigenvalue weighted by Crippen LogP contribution is 1.82. The predicted molar refractivity (Wildman–Crippen MR) is 68.7 cm³/mol. The molecule has 0 saturated heterocycles. The molecule has 86 valence electrons. The van der Waals surface area contributed by atoms with Gasteiger partial charge in [0, 0.05) is 19.4 Å². The molecule has 0 rings (SSSR count). The van der Waals surface area contributed by atoms with Gasteiger partial charge in [0.2, 0.25) is 0 Å². The SMILES string of the molecule is C=C(N)NC(=C)NCCC#CC#CCCC. The van der Waals surface area contributed by atoms with Crippen molar-refractivity contribution in [2.45, 2.75) is 26.2 Å². The smallest absolute Gasteiger partial charge is 0.0968 e. The molecule has 0 atom stereocenters. The van der Waals surface area contributed by atoms with Crippen LogP contribution in [0.1, 0.15) is 26.2 Å². The van der Waals surface area contributed by atoms with Crippen molar-refractivity contribution in [2.75, 3.05) is 6.54 Å². The van der Waals surface area contributed by atoms with E-state index >= 15 is 0 Å². The van der Waals surface area contributed by atoms with Crippen molar-refractivity contribution < 1.29 is 0 Å². The van der Waals surface area contributed by atoms with Crippen LogP contribution < -0.4 is 16.4 Å². The molecule has 0 bridgehead atoms. The van der Waals surface area contributed by atoms with Gasteiger partial charge in [-0.25, -0.2) is 0 Å². The van der Waals surface area contributed by atoms with Crippen molar-refractivity contribution in [3.63, 3.8) is 0 Å². The van der Waals surface area contributed by atoms with Crippen molar-refractivity contribution in [1.29, 1.82) is 0 Å². The Morgan fingerprint density at radius 1 is 1.19 bits per heavy atom. The van der Waals surface area contributed by atoms with E-state index in [-0.39, 0.29) is 0 Å². The Morgan fingerprint density at radius 3 is 2.38 bits per heavy atom. The van der Waals surface area contributed by atoms with Crippen molar-refractivity contribution in [1.82, 2.24) is 10.6 Å². The molecule has 16 heavy (non-hydrogen) atoms. The molecule has 3 heteroatoms. The van der Waals surface area contributed by atoms with Crippen LogP contribution in [0, 0.1) is 23.7 Å². The summed E-state index contributed by atoms with van der Waals surface area (Å²) in [5, 5.41) is 5.78. The lowest BCUT2D eigenvalue weighted by atomic mass is 10.3. The first-order valence-electron chi connectivity index (χ1n) is 5.26. The molecule has 0 heterocycles. The highest BCUT2D eigenvalue weighted by atomic mass is 15.1. The van der Waals surface area contributed by atoms with Crippen LogP contribution in [0.3, 0.4) is 0 Å². The second kappa shape index (κ2) is 9.55. The lowest BCUT2D eigenvalue weighted by molar-refractivity contribution is 0.743. The van der Waals surface area contributed by atoms with Crippen molar-refractivity contribution in [2.24, 2.45) is 5.73 Å². The largest absolute Gasteiger partial charge is 0.386 e. The van der Waals surface area contributed by atoms with E-state index in [0.29, 0.717) is 18.2 Å². The fourth-order valence-electron chi connectivity index (χ4n) is 0.852. The normalized spacial score (nSPS) is 7.81. The quantitative estimate of drug-likeness (QED) is 0.464. The van der Waals surface area contributed by atoms with Crippen LogP contribution in [0.5, 0.6) is 0 Å². The zero-order valence-corrected chi connectivity index (χ0v) is 9.82. The maximum atomic E-state index is 5.34. The summed E-state index contributed by atoms with van der Waals surface area (Å²) in [6.07, 6.45) is 2.70. The summed E-state index contributed by atoms with van der Waals surface area (Å²) < 4.78 is 0. The average molecular weight is 217 g/mol. The predicted octanol–water partition coefficient (Wildman–Crippen LogP) is 1.26. The van der Waals surface area contributed by atoms with E-state index in [1.54, 1.807) is 0 Å². The van der Waals surface area contributed by atoms with E-state index in [1.165, 1.54) is 0 Å². The van der Waals surface area contributed by atoms with Crippen LogP contribution in [-0.4, -0.2) is 6.54 Å². The fraction of sp³-hybridized carbons (Fsp3) is 0.385. The number of hydrogen-bond acceptors (Lipinski definition) is 3. The third-order valence-electron chi connectivity index (χ3n) is 1.51. The Kier molecular flexibility index (Phi) is 8.36. The second-order valence-corrected chi connectivity index (χ2v) is 3.16. The van der Waals surface area contributed by atoms with Crippen LogP contribution in [0.4, 0.5) is 0 Å². The Labute approximate surface area is 98.2 Å². The Balaban J connectivity index is 3.57. The molecule has 0 spiro atoms. The molecular weight excluding hydrogens is 198 g/mol. The lowest BCUT2D eigenvalue weighted by Gasteiger charge is -2.09. The molecule has 0 radical (unpaired) electrons. The lowest BCUT2D eigenvalue weighted by Crippen LogP contribution is -2.28. The van der Waals surface area contributed by atoms with Gasteiger partial charge in [0.25, 0.3) is 0 Å². The van der Waals surface area contributed by atoms with Crippen molar-refractivity contribution in [3.8, 4) is 23.7 Å². The molecule has 0 saturated carbocycles. The summed E-state index contributed by atoms with van der Waals surface area (Å²) in [7, 11) is 0. The van der Waals surface area contributed by atoms with Crippen LogP contribution >= 0.6 is 0 Å². The molecule has 0 aromatic rings. The summed E-state index contributed by atoms with van der Waals surface area (Å²) >= 11 is 0. The minimum absolute atomic E-state index is 0.369. The summed E-state index contributed by atoms with van der Waals surface area (Å²) in [5.74, 6) is 12.5. The third kappa shape index (κ3) is 10.1. The average Bonchev–Trinajstić information content (AvgIpc) is 2.21. The van der Waals surface area contributed by atoms with E-state index in [2.05, 4.69) is 54.4 Å². The van der Waals surface area contributed by atoms with E-state index in [0.717, 1.165) is 19.3 Å². The number of nitrogens with one attached hydrogen (secondary N) is 2. The first-order valence-corrected chi connectivity index (χ1v) is 5.26. The number of nitrogens with two attached hydrogens (primary N) is 1. The monoisotopic (exact) mass is 217 g/mol. The van der Waals surface area contributed by atoms with Crippen LogP contribution in [0.25, 0.3) is 0 Å². The van der Waals surface area contributed by atoms with Gasteiger partial charge in [0.1, 0.15) is 0 Å². The first-order chi connectivity index (χ1) is 7.66. The highest BCUT2D eigenvalue weighted by molar-refractivity contribution is 5.25. The molecule has 0 aliphatic rings. The summed E-state index contributed by atoms with van der Waals surface area (Å²) in [4.78, 5) is 0. The van der Waals surface area contributed by atoms with Gasteiger partial charge in [0.15, 0.2) is 0 Å². The number of rotatable bonds is 6. The zero-order valence-electron chi connectivity index (χ0n) is 9.82. The topological polar surface area (TPSA) is 50.1 Å². The van der Waals surface area contributed by atoms with Gasteiger partial charge >= 0.3 is 0 Å².